The summed E-state index contributed by atoms with van der Waals surface area (Å²) in [5.74, 6) is -1.14. The zero-order valence-corrected chi connectivity index (χ0v) is 6.54. The highest BCUT2D eigenvalue weighted by Gasteiger charge is 2.32. The van der Waals surface area contributed by atoms with Crippen molar-refractivity contribution in [3.05, 3.63) is 0 Å². The first-order chi connectivity index (χ1) is 5.25. The molecule has 2 atom stereocenters. The van der Waals surface area contributed by atoms with Gasteiger partial charge in [0.05, 0.1) is 19.1 Å². The van der Waals surface area contributed by atoms with Crippen LogP contribution < -0.4 is 5.32 Å². The molecule has 0 aromatic carbocycles. The van der Waals surface area contributed by atoms with Crippen LogP contribution in [0.25, 0.3) is 0 Å². The van der Waals surface area contributed by atoms with Crippen LogP contribution in [0.3, 0.4) is 0 Å². The number of likely N-dealkylation sites (N-methyl/N-ethyl adjacent to an activating group) is 1. The van der Waals surface area contributed by atoms with Gasteiger partial charge in [-0.15, -0.1) is 0 Å². The number of rotatable bonds is 3. The Morgan fingerprint density at radius 1 is 1.73 bits per heavy atom. The van der Waals surface area contributed by atoms with Crippen molar-refractivity contribution < 1.29 is 14.6 Å². The monoisotopic (exact) mass is 159 g/mol. The molecule has 4 nitrogen and oxygen atoms in total. The van der Waals surface area contributed by atoms with E-state index in [4.69, 9.17) is 9.84 Å². The fourth-order valence-corrected chi connectivity index (χ4v) is 1.26. The molecular formula is C7H13NO3. The molecule has 0 spiro atoms. The Morgan fingerprint density at radius 3 is 3.00 bits per heavy atom. The van der Waals surface area contributed by atoms with E-state index in [1.165, 1.54) is 0 Å². The molecule has 0 bridgehead atoms. The molecule has 0 aromatic rings. The highest BCUT2D eigenvalue weighted by molar-refractivity contribution is 5.71. The second kappa shape index (κ2) is 3.69. The maximum Gasteiger partial charge on any atom is 0.310 e. The van der Waals surface area contributed by atoms with Crippen LogP contribution in [0.5, 0.6) is 0 Å². The summed E-state index contributed by atoms with van der Waals surface area (Å²) >= 11 is 0. The van der Waals surface area contributed by atoms with Crippen molar-refractivity contribution >= 4 is 5.97 Å². The van der Waals surface area contributed by atoms with Crippen LogP contribution >= 0.6 is 0 Å². The van der Waals surface area contributed by atoms with Gasteiger partial charge in [0.15, 0.2) is 0 Å². The van der Waals surface area contributed by atoms with Gasteiger partial charge in [0.2, 0.25) is 0 Å². The van der Waals surface area contributed by atoms with Gasteiger partial charge in [-0.2, -0.15) is 0 Å². The lowest BCUT2D eigenvalue weighted by molar-refractivity contribution is -0.142. The first kappa shape index (κ1) is 8.49. The zero-order valence-electron chi connectivity index (χ0n) is 6.54. The normalized spacial score (nSPS) is 30.6. The van der Waals surface area contributed by atoms with Crippen molar-refractivity contribution in [2.24, 2.45) is 5.92 Å². The molecule has 0 aliphatic carbocycles. The fourth-order valence-electron chi connectivity index (χ4n) is 1.26. The number of aliphatic carboxylic acids is 1. The summed E-state index contributed by atoms with van der Waals surface area (Å²) in [6.07, 6.45) is 0. The van der Waals surface area contributed by atoms with Crippen molar-refractivity contribution in [2.45, 2.75) is 13.0 Å². The van der Waals surface area contributed by atoms with Crippen LogP contribution in [0.4, 0.5) is 0 Å². The number of carbonyl (C=O) groups is 1. The van der Waals surface area contributed by atoms with E-state index < -0.39 is 5.97 Å². The molecule has 2 N–H and O–H groups in total. The summed E-state index contributed by atoms with van der Waals surface area (Å²) in [7, 11) is 0. The Labute approximate surface area is 65.5 Å². The fraction of sp³-hybridized carbons (Fsp3) is 0.857. The van der Waals surface area contributed by atoms with E-state index in [0.29, 0.717) is 13.2 Å². The number of hydrogen-bond acceptors (Lipinski definition) is 3. The van der Waals surface area contributed by atoms with Gasteiger partial charge in [0.1, 0.15) is 0 Å². The van der Waals surface area contributed by atoms with E-state index in [0.717, 1.165) is 6.54 Å². The van der Waals surface area contributed by atoms with Crippen LogP contribution in [0.15, 0.2) is 0 Å². The quantitative estimate of drug-likeness (QED) is 0.593. The second-order valence-electron chi connectivity index (χ2n) is 2.65. The third-order valence-corrected chi connectivity index (χ3v) is 1.86. The van der Waals surface area contributed by atoms with Crippen molar-refractivity contribution in [2.75, 3.05) is 19.8 Å². The van der Waals surface area contributed by atoms with Gasteiger partial charge in [-0.25, -0.2) is 0 Å². The van der Waals surface area contributed by atoms with Crippen molar-refractivity contribution in [1.29, 1.82) is 0 Å². The molecule has 0 amide bonds. The third-order valence-electron chi connectivity index (χ3n) is 1.86. The van der Waals surface area contributed by atoms with Crippen LogP contribution in [-0.2, 0) is 9.53 Å². The van der Waals surface area contributed by atoms with E-state index >= 15 is 0 Å². The molecule has 2 unspecified atom stereocenters. The lowest BCUT2D eigenvalue weighted by atomic mass is 10.0. The molecule has 1 heterocycles. The lowest BCUT2D eigenvalue weighted by Crippen LogP contribution is -2.38. The van der Waals surface area contributed by atoms with E-state index in [1.54, 1.807) is 0 Å². The number of carboxylic acids is 1. The standard InChI is InChI=1S/C7H13NO3/c1-2-8-6-4-11-3-5(6)7(9)10/h5-6,8H,2-4H2,1H3,(H,9,10). The number of ether oxygens (including phenoxy) is 1. The molecule has 1 rings (SSSR count). The minimum atomic E-state index is -0.770. The van der Waals surface area contributed by atoms with Crippen LogP contribution in [0, 0.1) is 5.92 Å². The Kier molecular flexibility index (Phi) is 2.84. The molecule has 64 valence electrons. The molecule has 4 heteroatoms. The summed E-state index contributed by atoms with van der Waals surface area (Å²) in [5.41, 5.74) is 0. The molecule has 1 fully saturated rings. The average Bonchev–Trinajstić information content (AvgIpc) is 2.36. The summed E-state index contributed by atoms with van der Waals surface area (Å²) in [4.78, 5) is 10.6. The van der Waals surface area contributed by atoms with Crippen LogP contribution in [0.2, 0.25) is 0 Å². The SMILES string of the molecule is CCNC1COCC1C(=O)O. The Bertz CT molecular complexity index is 149. The topological polar surface area (TPSA) is 58.6 Å². The molecule has 11 heavy (non-hydrogen) atoms. The van der Waals surface area contributed by atoms with E-state index in [-0.39, 0.29) is 12.0 Å². The molecule has 1 aliphatic heterocycles. The molecule has 0 radical (unpaired) electrons. The molecule has 0 saturated carbocycles. The van der Waals surface area contributed by atoms with Gasteiger partial charge in [-0.1, -0.05) is 6.92 Å². The maximum atomic E-state index is 10.6. The Hall–Kier alpha value is -0.610. The van der Waals surface area contributed by atoms with E-state index in [9.17, 15) is 4.79 Å². The Balaban J connectivity index is 2.44. The number of hydrogen-bond donors (Lipinski definition) is 2. The highest BCUT2D eigenvalue weighted by atomic mass is 16.5. The van der Waals surface area contributed by atoms with Crippen molar-refractivity contribution in [3.63, 3.8) is 0 Å². The number of carboxylic acid groups (broad SMARTS) is 1. The molecule has 1 saturated heterocycles. The van der Waals surface area contributed by atoms with Crippen LogP contribution in [0.1, 0.15) is 6.92 Å². The average molecular weight is 159 g/mol. The van der Waals surface area contributed by atoms with Crippen molar-refractivity contribution in [1.82, 2.24) is 5.32 Å². The van der Waals surface area contributed by atoms with Gasteiger partial charge in [0, 0.05) is 6.04 Å². The smallest absolute Gasteiger partial charge is 0.310 e. The zero-order chi connectivity index (χ0) is 8.27. The van der Waals surface area contributed by atoms with Gasteiger partial charge in [-0.3, -0.25) is 4.79 Å². The Morgan fingerprint density at radius 2 is 2.45 bits per heavy atom. The largest absolute Gasteiger partial charge is 0.481 e. The summed E-state index contributed by atoms with van der Waals surface area (Å²) in [6, 6.07) is -0.00231. The summed E-state index contributed by atoms with van der Waals surface area (Å²) in [5, 5.41) is 11.8. The number of nitrogens with one attached hydrogen (secondary N) is 1. The van der Waals surface area contributed by atoms with E-state index in [2.05, 4.69) is 5.32 Å². The molecule has 1 aliphatic rings. The predicted molar refractivity (Wildman–Crippen MR) is 39.4 cm³/mol. The molecular weight excluding hydrogens is 146 g/mol. The first-order valence-electron chi connectivity index (χ1n) is 3.79. The molecule has 0 aromatic heterocycles. The van der Waals surface area contributed by atoms with Gasteiger partial charge in [-0.05, 0) is 6.54 Å². The first-order valence-corrected chi connectivity index (χ1v) is 3.79. The summed E-state index contributed by atoms with van der Waals surface area (Å²) in [6.45, 7) is 3.60. The van der Waals surface area contributed by atoms with Gasteiger partial charge < -0.3 is 15.2 Å². The predicted octanol–water partition coefficient (Wildman–Crippen LogP) is -0.305. The van der Waals surface area contributed by atoms with Crippen molar-refractivity contribution in [3.8, 4) is 0 Å². The second-order valence-corrected chi connectivity index (χ2v) is 2.65. The third kappa shape index (κ3) is 1.91. The highest BCUT2D eigenvalue weighted by Crippen LogP contribution is 2.13. The minimum Gasteiger partial charge on any atom is -0.481 e. The van der Waals surface area contributed by atoms with Gasteiger partial charge >= 0.3 is 5.97 Å². The van der Waals surface area contributed by atoms with E-state index in [1.807, 2.05) is 6.92 Å². The lowest BCUT2D eigenvalue weighted by Gasteiger charge is -2.13. The van der Waals surface area contributed by atoms with Crippen LogP contribution in [-0.4, -0.2) is 36.9 Å². The van der Waals surface area contributed by atoms with Gasteiger partial charge in [0.25, 0.3) is 0 Å². The summed E-state index contributed by atoms with van der Waals surface area (Å²) < 4.78 is 5.04. The maximum absolute atomic E-state index is 10.6. The minimum absolute atomic E-state index is 0.00231.